The molecule has 0 unspecified atom stereocenters. The van der Waals surface area contributed by atoms with Gasteiger partial charge in [0.1, 0.15) is 17.1 Å². The number of alkyl halides is 6. The number of esters is 1. The topological polar surface area (TPSA) is 44.8 Å². The molecule has 136 valence electrons. The summed E-state index contributed by atoms with van der Waals surface area (Å²) in [5.74, 6) is -2.10. The maximum absolute atomic E-state index is 12.5. The molecule has 0 aliphatic rings. The van der Waals surface area contributed by atoms with Crippen molar-refractivity contribution in [2.45, 2.75) is 25.1 Å². The van der Waals surface area contributed by atoms with E-state index in [4.69, 9.17) is 10.2 Å². The predicted molar refractivity (Wildman–Crippen MR) is 70.1 cm³/mol. The first-order valence-corrected chi connectivity index (χ1v) is 6.13. The maximum atomic E-state index is 12.5. The minimum Gasteiger partial charge on any atom is -0.493 e. The van der Waals surface area contributed by atoms with Crippen molar-refractivity contribution in [3.8, 4) is 11.5 Å². The van der Waals surface area contributed by atoms with Gasteiger partial charge in [0.2, 0.25) is 0 Å². The maximum Gasteiger partial charge on any atom is 0.392 e. The Morgan fingerprint density at radius 3 is 2.08 bits per heavy atom. The third kappa shape index (κ3) is 7.42. The molecule has 0 spiro atoms. The van der Waals surface area contributed by atoms with Crippen LogP contribution < -0.4 is 9.47 Å². The van der Waals surface area contributed by atoms with Crippen LogP contribution in [0.2, 0.25) is 0 Å². The van der Waals surface area contributed by atoms with Crippen LogP contribution in [0.1, 0.15) is 28.6 Å². The number of methoxy groups -OCH3 is 1. The Balaban J connectivity index is 3.05. The third-order valence-corrected chi connectivity index (χ3v) is 2.37. The molecule has 0 aromatic heterocycles. The van der Waals surface area contributed by atoms with E-state index in [1.165, 1.54) is 0 Å². The second-order valence-corrected chi connectivity index (χ2v) is 4.08. The average Bonchev–Trinajstić information content (AvgIpc) is 2.55. The number of hydrogen-bond acceptors (Lipinski definition) is 4. The summed E-state index contributed by atoms with van der Waals surface area (Å²) in [5.41, 5.74) is -0.550. The summed E-state index contributed by atoms with van der Waals surface area (Å²) in [6, 6.07) is 2.55. The molecule has 0 amide bonds. The van der Waals surface area contributed by atoms with Gasteiger partial charge in [-0.2, -0.15) is 26.3 Å². The molecule has 4 nitrogen and oxygen atoms in total. The van der Waals surface area contributed by atoms with Crippen molar-refractivity contribution in [2.75, 3.05) is 20.3 Å². The SMILES string of the molecule is [2H]C([2H])(COc1ccc(OCC([2H])([2H])C(F)(F)F)c(C(=O)OC)c1)C(F)(F)F. The molecular weight excluding hydrogens is 346 g/mol. The van der Waals surface area contributed by atoms with E-state index < -0.39 is 61.3 Å². The number of ether oxygens (including phenoxy) is 3. The zero-order valence-corrected chi connectivity index (χ0v) is 12.0. The van der Waals surface area contributed by atoms with Crippen LogP contribution in [0.15, 0.2) is 18.2 Å². The molecule has 0 aliphatic carbocycles. The second-order valence-electron chi connectivity index (χ2n) is 4.08. The molecule has 0 radical (unpaired) electrons. The molecule has 1 rings (SSSR count). The largest absolute Gasteiger partial charge is 0.493 e. The van der Waals surface area contributed by atoms with E-state index in [-0.39, 0.29) is 0 Å². The van der Waals surface area contributed by atoms with E-state index in [1.807, 2.05) is 0 Å². The van der Waals surface area contributed by atoms with Gasteiger partial charge in [-0.3, -0.25) is 0 Å². The molecule has 1 aromatic carbocycles. The summed E-state index contributed by atoms with van der Waals surface area (Å²) in [7, 11) is 0.914. The first kappa shape index (κ1) is 14.2. The van der Waals surface area contributed by atoms with Gasteiger partial charge in [-0.15, -0.1) is 0 Å². The van der Waals surface area contributed by atoms with Crippen LogP contribution in [0.4, 0.5) is 26.3 Å². The summed E-state index contributed by atoms with van der Waals surface area (Å²) in [6.45, 7) is -2.95. The van der Waals surface area contributed by atoms with Crippen LogP contribution in [0.5, 0.6) is 11.5 Å². The summed E-state index contributed by atoms with van der Waals surface area (Å²) >= 11 is 0. The van der Waals surface area contributed by atoms with Gasteiger partial charge in [0.05, 0.1) is 33.1 Å². The average molecular weight is 364 g/mol. The Hall–Kier alpha value is -2.13. The monoisotopic (exact) mass is 364 g/mol. The number of rotatable bonds is 7. The van der Waals surface area contributed by atoms with Crippen molar-refractivity contribution in [3.63, 3.8) is 0 Å². The van der Waals surface area contributed by atoms with E-state index >= 15 is 0 Å². The summed E-state index contributed by atoms with van der Waals surface area (Å²) in [5, 5.41) is 0. The minimum atomic E-state index is -5.25. The van der Waals surface area contributed by atoms with E-state index in [9.17, 15) is 31.1 Å². The van der Waals surface area contributed by atoms with Gasteiger partial charge in [-0.25, -0.2) is 4.79 Å². The number of halogens is 6. The smallest absolute Gasteiger partial charge is 0.392 e. The highest BCUT2D eigenvalue weighted by Crippen LogP contribution is 2.27. The lowest BCUT2D eigenvalue weighted by molar-refractivity contribution is -0.140. The minimum absolute atomic E-state index is 0.417. The van der Waals surface area contributed by atoms with Gasteiger partial charge in [-0.1, -0.05) is 0 Å². The molecule has 0 N–H and O–H groups in total. The summed E-state index contributed by atoms with van der Waals surface area (Å²) in [4.78, 5) is 11.7. The van der Waals surface area contributed by atoms with Gasteiger partial charge in [-0.05, 0) is 18.2 Å². The van der Waals surface area contributed by atoms with E-state index in [0.717, 1.165) is 25.3 Å². The Morgan fingerprint density at radius 2 is 1.58 bits per heavy atom. The van der Waals surface area contributed by atoms with Crippen LogP contribution in [0.25, 0.3) is 0 Å². The molecule has 0 saturated heterocycles. The van der Waals surface area contributed by atoms with Crippen LogP contribution in [0, 0.1) is 0 Å². The molecule has 10 heteroatoms. The van der Waals surface area contributed by atoms with E-state index in [1.54, 1.807) is 0 Å². The van der Waals surface area contributed by atoms with E-state index in [0.29, 0.717) is 0 Å². The number of carbonyl (C=O) groups is 1. The molecule has 0 aliphatic heterocycles. The first-order valence-electron chi connectivity index (χ1n) is 8.13. The normalized spacial score (nSPS) is 15.6. The molecule has 0 heterocycles. The molecule has 0 fully saturated rings. The first-order chi connectivity index (χ1) is 12.5. The highest BCUT2D eigenvalue weighted by Gasteiger charge is 2.28. The number of hydrogen-bond donors (Lipinski definition) is 0. The second kappa shape index (κ2) is 8.11. The summed E-state index contributed by atoms with van der Waals surface area (Å²) < 4.78 is 116. The van der Waals surface area contributed by atoms with Gasteiger partial charge >= 0.3 is 18.3 Å². The molecule has 24 heavy (non-hydrogen) atoms. The molecule has 0 atom stereocenters. The van der Waals surface area contributed by atoms with Gasteiger partial charge in [0.15, 0.2) is 0 Å². The number of carbonyl (C=O) groups excluding carboxylic acids is 1. The Bertz CT molecular complexity index is 706. The molecular formula is C14H14F6O4. The Kier molecular flexibility index (Phi) is 4.81. The fraction of sp³-hybridized carbons (Fsp3) is 0.500. The fourth-order valence-electron chi connectivity index (χ4n) is 1.39. The van der Waals surface area contributed by atoms with Crippen molar-refractivity contribution in [2.24, 2.45) is 0 Å². The lowest BCUT2D eigenvalue weighted by atomic mass is 10.2. The van der Waals surface area contributed by atoms with Crippen LogP contribution >= 0.6 is 0 Å². The van der Waals surface area contributed by atoms with Gasteiger partial charge in [0.25, 0.3) is 0 Å². The quantitative estimate of drug-likeness (QED) is 0.539. The summed E-state index contributed by atoms with van der Waals surface area (Å²) in [6.07, 6.45) is -17.9. The van der Waals surface area contributed by atoms with Crippen LogP contribution in [-0.2, 0) is 4.74 Å². The van der Waals surface area contributed by atoms with Crippen LogP contribution in [0.3, 0.4) is 0 Å². The Labute approximate surface area is 138 Å². The van der Waals surface area contributed by atoms with Crippen molar-refractivity contribution in [3.05, 3.63) is 23.8 Å². The fourth-order valence-corrected chi connectivity index (χ4v) is 1.39. The van der Waals surface area contributed by atoms with Crippen molar-refractivity contribution in [1.82, 2.24) is 0 Å². The van der Waals surface area contributed by atoms with Crippen molar-refractivity contribution < 1.29 is 50.8 Å². The molecule has 0 bridgehead atoms. The standard InChI is InChI=1S/C14H14F6O4/c1-22-12(21)10-8-9(23-6-4-13(15,16)17)2-3-11(10)24-7-5-14(18,19)20/h2-3,8H,4-7H2,1H3/i4D2,5D2. The van der Waals surface area contributed by atoms with Crippen LogP contribution in [-0.4, -0.2) is 38.6 Å². The van der Waals surface area contributed by atoms with Gasteiger partial charge < -0.3 is 14.2 Å². The van der Waals surface area contributed by atoms with E-state index in [2.05, 4.69) is 9.47 Å². The van der Waals surface area contributed by atoms with Crippen molar-refractivity contribution in [1.29, 1.82) is 0 Å². The zero-order chi connectivity index (χ0) is 22.0. The molecule has 0 saturated carbocycles. The van der Waals surface area contributed by atoms with Gasteiger partial charge in [0, 0.05) is 5.48 Å². The van der Waals surface area contributed by atoms with Crippen molar-refractivity contribution >= 4 is 5.97 Å². The Morgan fingerprint density at radius 1 is 1.04 bits per heavy atom. The highest BCUT2D eigenvalue weighted by molar-refractivity contribution is 5.92. The third-order valence-electron chi connectivity index (χ3n) is 2.37. The lowest BCUT2D eigenvalue weighted by Gasteiger charge is -2.14. The highest BCUT2D eigenvalue weighted by atomic mass is 19.4. The number of benzene rings is 1. The lowest BCUT2D eigenvalue weighted by Crippen LogP contribution is -2.15. The zero-order valence-electron chi connectivity index (χ0n) is 16.0. The predicted octanol–water partition coefficient (Wildman–Crippen LogP) is 4.14. The molecule has 1 aromatic rings.